The zero-order chi connectivity index (χ0) is 20.1. The Balaban J connectivity index is 1.29. The zero-order valence-electron chi connectivity index (χ0n) is 16.0. The summed E-state index contributed by atoms with van der Waals surface area (Å²) in [7, 11) is 0. The normalized spacial score (nSPS) is 12.6. The van der Waals surface area contributed by atoms with Crippen LogP contribution in [0.1, 0.15) is 29.0 Å². The van der Waals surface area contributed by atoms with Crippen molar-refractivity contribution in [3.63, 3.8) is 0 Å². The van der Waals surface area contributed by atoms with Crippen LogP contribution in [0.5, 0.6) is 0 Å². The van der Waals surface area contributed by atoms with Crippen LogP contribution in [0, 0.1) is 0 Å². The SMILES string of the molecule is O=C(NCCC=Cc1ccccc1Cl)OCC1c2ccccc2-c2ccccc21. The molecule has 0 aliphatic heterocycles. The summed E-state index contributed by atoms with van der Waals surface area (Å²) < 4.78 is 5.53. The number of hydrogen-bond acceptors (Lipinski definition) is 2. The number of fused-ring (bicyclic) bond motifs is 3. The van der Waals surface area contributed by atoms with E-state index < -0.39 is 6.09 Å². The first-order valence-electron chi connectivity index (χ1n) is 9.74. The van der Waals surface area contributed by atoms with Gasteiger partial charge in [-0.05, 0) is 40.3 Å². The largest absolute Gasteiger partial charge is 0.449 e. The number of amides is 1. The summed E-state index contributed by atoms with van der Waals surface area (Å²) in [5.41, 5.74) is 5.84. The number of hydrogen-bond donors (Lipinski definition) is 1. The lowest BCUT2D eigenvalue weighted by molar-refractivity contribution is 0.143. The number of carbonyl (C=O) groups excluding carboxylic acids is 1. The van der Waals surface area contributed by atoms with Crippen molar-refractivity contribution in [2.24, 2.45) is 0 Å². The van der Waals surface area contributed by atoms with Gasteiger partial charge in [-0.15, -0.1) is 0 Å². The van der Waals surface area contributed by atoms with E-state index in [-0.39, 0.29) is 5.92 Å². The van der Waals surface area contributed by atoms with E-state index in [1.54, 1.807) is 0 Å². The van der Waals surface area contributed by atoms with E-state index in [0.29, 0.717) is 24.6 Å². The Bertz CT molecular complexity index is 999. The number of benzene rings is 3. The van der Waals surface area contributed by atoms with Gasteiger partial charge in [0.05, 0.1) is 0 Å². The molecule has 0 unspecified atom stereocenters. The molecule has 4 rings (SSSR count). The van der Waals surface area contributed by atoms with E-state index in [1.165, 1.54) is 22.3 Å². The maximum absolute atomic E-state index is 12.1. The maximum Gasteiger partial charge on any atom is 0.407 e. The number of carbonyl (C=O) groups is 1. The van der Waals surface area contributed by atoms with Gasteiger partial charge in [0.25, 0.3) is 0 Å². The molecule has 3 aromatic carbocycles. The third kappa shape index (κ3) is 4.36. The van der Waals surface area contributed by atoms with Crippen LogP contribution in [-0.4, -0.2) is 19.2 Å². The highest BCUT2D eigenvalue weighted by molar-refractivity contribution is 6.32. The summed E-state index contributed by atoms with van der Waals surface area (Å²) in [6, 6.07) is 24.3. The Kier molecular flexibility index (Phi) is 5.97. The quantitative estimate of drug-likeness (QED) is 0.491. The van der Waals surface area contributed by atoms with Crippen molar-refractivity contribution in [1.82, 2.24) is 5.32 Å². The summed E-state index contributed by atoms with van der Waals surface area (Å²) in [5, 5.41) is 3.53. The van der Waals surface area contributed by atoms with Gasteiger partial charge in [-0.25, -0.2) is 4.79 Å². The zero-order valence-corrected chi connectivity index (χ0v) is 16.7. The molecule has 29 heavy (non-hydrogen) atoms. The molecule has 0 heterocycles. The molecule has 146 valence electrons. The minimum Gasteiger partial charge on any atom is -0.449 e. The first-order chi connectivity index (χ1) is 14.2. The van der Waals surface area contributed by atoms with E-state index in [2.05, 4.69) is 29.6 Å². The van der Waals surface area contributed by atoms with Crippen molar-refractivity contribution in [2.75, 3.05) is 13.2 Å². The first kappa shape index (κ1) is 19.3. The average molecular weight is 404 g/mol. The van der Waals surface area contributed by atoms with E-state index in [0.717, 1.165) is 5.56 Å². The molecule has 1 N–H and O–H groups in total. The minimum absolute atomic E-state index is 0.0771. The predicted octanol–water partition coefficient (Wildman–Crippen LogP) is 6.28. The second-order valence-electron chi connectivity index (χ2n) is 6.96. The van der Waals surface area contributed by atoms with Crippen molar-refractivity contribution < 1.29 is 9.53 Å². The van der Waals surface area contributed by atoms with Crippen molar-refractivity contribution in [3.8, 4) is 11.1 Å². The number of rotatable bonds is 6. The number of ether oxygens (including phenoxy) is 1. The lowest BCUT2D eigenvalue weighted by atomic mass is 9.98. The third-order valence-electron chi connectivity index (χ3n) is 5.13. The molecular formula is C25H22ClNO2. The highest BCUT2D eigenvalue weighted by Crippen LogP contribution is 2.44. The summed E-state index contributed by atoms with van der Waals surface area (Å²) in [5.74, 6) is 0.0771. The van der Waals surface area contributed by atoms with Gasteiger partial charge in [0, 0.05) is 17.5 Å². The molecule has 0 aromatic heterocycles. The smallest absolute Gasteiger partial charge is 0.407 e. The van der Waals surface area contributed by atoms with Gasteiger partial charge >= 0.3 is 6.09 Å². The Morgan fingerprint density at radius 1 is 0.931 bits per heavy atom. The molecule has 0 spiro atoms. The van der Waals surface area contributed by atoms with Crippen molar-refractivity contribution in [1.29, 1.82) is 0 Å². The fourth-order valence-corrected chi connectivity index (χ4v) is 3.93. The first-order valence-corrected chi connectivity index (χ1v) is 10.1. The second-order valence-corrected chi connectivity index (χ2v) is 7.37. The summed E-state index contributed by atoms with van der Waals surface area (Å²) in [4.78, 5) is 12.1. The number of nitrogens with one attached hydrogen (secondary N) is 1. The molecule has 0 saturated carbocycles. The van der Waals surface area contributed by atoms with Gasteiger partial charge in [0.2, 0.25) is 0 Å². The lowest BCUT2D eigenvalue weighted by Crippen LogP contribution is -2.26. The van der Waals surface area contributed by atoms with E-state index >= 15 is 0 Å². The van der Waals surface area contributed by atoms with Gasteiger partial charge < -0.3 is 10.1 Å². The Hall–Kier alpha value is -3.04. The van der Waals surface area contributed by atoms with Crippen molar-refractivity contribution in [3.05, 3.63) is 101 Å². The molecule has 1 aliphatic rings. The Morgan fingerprint density at radius 2 is 1.55 bits per heavy atom. The van der Waals surface area contributed by atoms with Crippen LogP contribution >= 0.6 is 11.6 Å². The third-order valence-corrected chi connectivity index (χ3v) is 5.47. The van der Waals surface area contributed by atoms with Crippen LogP contribution in [0.15, 0.2) is 78.9 Å². The molecule has 1 amide bonds. The second kappa shape index (κ2) is 8.97. The molecule has 4 heteroatoms. The van der Waals surface area contributed by atoms with Gasteiger partial charge in [0.15, 0.2) is 0 Å². The molecule has 0 radical (unpaired) electrons. The summed E-state index contributed by atoms with van der Waals surface area (Å²) >= 11 is 6.12. The predicted molar refractivity (Wildman–Crippen MR) is 118 cm³/mol. The van der Waals surface area contributed by atoms with Gasteiger partial charge in [-0.1, -0.05) is 90.5 Å². The molecule has 0 atom stereocenters. The molecule has 3 aromatic rings. The lowest BCUT2D eigenvalue weighted by Gasteiger charge is -2.14. The molecule has 0 fully saturated rings. The van der Waals surface area contributed by atoms with Crippen LogP contribution < -0.4 is 5.32 Å². The highest BCUT2D eigenvalue weighted by atomic mass is 35.5. The fourth-order valence-electron chi connectivity index (χ4n) is 3.73. The Labute approximate surface area is 176 Å². The fraction of sp³-hybridized carbons (Fsp3) is 0.160. The van der Waals surface area contributed by atoms with Crippen LogP contribution in [0.2, 0.25) is 5.02 Å². The van der Waals surface area contributed by atoms with Crippen LogP contribution in [-0.2, 0) is 4.74 Å². The molecule has 1 aliphatic carbocycles. The average Bonchev–Trinajstić information content (AvgIpc) is 3.07. The summed E-state index contributed by atoms with van der Waals surface area (Å²) in [6.07, 6.45) is 4.26. The molecular weight excluding hydrogens is 382 g/mol. The van der Waals surface area contributed by atoms with Crippen LogP contribution in [0.3, 0.4) is 0 Å². The monoisotopic (exact) mass is 403 g/mol. The van der Waals surface area contributed by atoms with Crippen LogP contribution in [0.25, 0.3) is 17.2 Å². The summed E-state index contributed by atoms with van der Waals surface area (Å²) in [6.45, 7) is 0.840. The van der Waals surface area contributed by atoms with E-state index in [4.69, 9.17) is 16.3 Å². The standard InChI is InChI=1S/C25H22ClNO2/c26-24-15-6-1-9-18(24)10-7-8-16-27-25(28)29-17-23-21-13-4-2-11-19(21)20-12-3-5-14-22(20)23/h1-7,9-15,23H,8,16-17H2,(H,27,28). The minimum atomic E-state index is -0.391. The highest BCUT2D eigenvalue weighted by Gasteiger charge is 2.28. The van der Waals surface area contributed by atoms with E-state index in [9.17, 15) is 4.79 Å². The van der Waals surface area contributed by atoms with Gasteiger partial charge in [-0.2, -0.15) is 0 Å². The number of alkyl carbamates (subject to hydrolysis) is 1. The maximum atomic E-state index is 12.1. The van der Waals surface area contributed by atoms with Crippen molar-refractivity contribution >= 4 is 23.8 Å². The molecule has 0 bridgehead atoms. The van der Waals surface area contributed by atoms with E-state index in [1.807, 2.05) is 60.7 Å². The Morgan fingerprint density at radius 3 is 2.24 bits per heavy atom. The molecule has 3 nitrogen and oxygen atoms in total. The topological polar surface area (TPSA) is 38.3 Å². The van der Waals surface area contributed by atoms with Gasteiger partial charge in [0.1, 0.15) is 6.61 Å². The van der Waals surface area contributed by atoms with Crippen molar-refractivity contribution in [2.45, 2.75) is 12.3 Å². The molecule has 0 saturated heterocycles. The van der Waals surface area contributed by atoms with Gasteiger partial charge in [-0.3, -0.25) is 0 Å². The van der Waals surface area contributed by atoms with Crippen LogP contribution in [0.4, 0.5) is 4.79 Å². The number of halogens is 1.